The molecular weight excluding hydrogens is 356 g/mol. The number of carbonyl (C=O) groups excluding carboxylic acids is 2. The Hall–Kier alpha value is -2.67. The lowest BCUT2D eigenvalue weighted by Crippen LogP contribution is -2.30. The molecule has 2 aromatic rings. The van der Waals surface area contributed by atoms with Crippen LogP contribution in [0.4, 0.5) is 14.5 Å². The lowest BCUT2D eigenvalue weighted by atomic mass is 10.2. The van der Waals surface area contributed by atoms with Crippen LogP contribution < -0.4 is 10.1 Å². The number of anilines is 1. The average molecular weight is 370 g/mol. The van der Waals surface area contributed by atoms with Crippen molar-refractivity contribution < 1.29 is 27.8 Å². The molecule has 0 bridgehead atoms. The molecule has 0 aliphatic rings. The molecule has 5 nitrogen and oxygen atoms in total. The second-order valence-electron chi connectivity index (χ2n) is 4.92. The van der Waals surface area contributed by atoms with Crippen LogP contribution in [0.5, 0.6) is 5.75 Å². The van der Waals surface area contributed by atoms with Gasteiger partial charge in [0.25, 0.3) is 5.91 Å². The van der Waals surface area contributed by atoms with E-state index in [1.807, 2.05) is 0 Å². The topological polar surface area (TPSA) is 64.6 Å². The van der Waals surface area contributed by atoms with Gasteiger partial charge in [-0.2, -0.15) is 8.78 Å². The Kier molecular flexibility index (Phi) is 6.30. The molecule has 1 amide bonds. The third-order valence-corrected chi connectivity index (χ3v) is 3.43. The summed E-state index contributed by atoms with van der Waals surface area (Å²) in [4.78, 5) is 24.1. The summed E-state index contributed by atoms with van der Waals surface area (Å²) in [5.41, 5.74) is 0.490. The van der Waals surface area contributed by atoms with Crippen molar-refractivity contribution in [2.24, 2.45) is 0 Å². The zero-order chi connectivity index (χ0) is 18.4. The van der Waals surface area contributed by atoms with Gasteiger partial charge in [0.15, 0.2) is 6.10 Å². The Morgan fingerprint density at radius 1 is 1.08 bits per heavy atom. The van der Waals surface area contributed by atoms with Gasteiger partial charge in [-0.25, -0.2) is 4.79 Å². The van der Waals surface area contributed by atoms with Gasteiger partial charge in [0.2, 0.25) is 0 Å². The third kappa shape index (κ3) is 5.42. The Labute approximate surface area is 147 Å². The lowest BCUT2D eigenvalue weighted by Gasteiger charge is -2.14. The molecule has 0 saturated carbocycles. The first-order chi connectivity index (χ1) is 11.9. The molecule has 25 heavy (non-hydrogen) atoms. The Morgan fingerprint density at radius 2 is 1.72 bits per heavy atom. The van der Waals surface area contributed by atoms with Crippen molar-refractivity contribution in [1.82, 2.24) is 0 Å². The molecular formula is C17H14ClF2NO4. The Bertz CT molecular complexity index is 753. The van der Waals surface area contributed by atoms with Crippen LogP contribution in [0.1, 0.15) is 17.3 Å². The third-order valence-electron chi connectivity index (χ3n) is 3.10. The van der Waals surface area contributed by atoms with E-state index in [4.69, 9.17) is 16.3 Å². The molecule has 0 aliphatic carbocycles. The van der Waals surface area contributed by atoms with Gasteiger partial charge in [0, 0.05) is 0 Å². The molecule has 2 aromatic carbocycles. The first kappa shape index (κ1) is 18.7. The maximum Gasteiger partial charge on any atom is 0.387 e. The van der Waals surface area contributed by atoms with Crippen molar-refractivity contribution >= 4 is 29.2 Å². The fourth-order valence-electron chi connectivity index (χ4n) is 1.85. The average Bonchev–Trinajstić information content (AvgIpc) is 2.56. The van der Waals surface area contributed by atoms with Gasteiger partial charge in [-0.1, -0.05) is 23.7 Å². The van der Waals surface area contributed by atoms with E-state index < -0.39 is 24.6 Å². The largest absolute Gasteiger partial charge is 0.449 e. The van der Waals surface area contributed by atoms with Crippen molar-refractivity contribution in [2.75, 3.05) is 5.32 Å². The molecule has 0 spiro atoms. The van der Waals surface area contributed by atoms with Crippen LogP contribution in [-0.4, -0.2) is 24.6 Å². The summed E-state index contributed by atoms with van der Waals surface area (Å²) in [6, 6.07) is 11.6. The number of hydrogen-bond donors (Lipinski definition) is 1. The maximum absolute atomic E-state index is 12.1. The highest BCUT2D eigenvalue weighted by Crippen LogP contribution is 2.21. The number of amides is 1. The van der Waals surface area contributed by atoms with Crippen LogP contribution in [0.2, 0.25) is 5.02 Å². The van der Waals surface area contributed by atoms with Gasteiger partial charge in [-0.05, 0) is 43.3 Å². The van der Waals surface area contributed by atoms with Crippen molar-refractivity contribution in [1.29, 1.82) is 0 Å². The first-order valence-corrected chi connectivity index (χ1v) is 7.56. The minimum atomic E-state index is -2.95. The SMILES string of the molecule is C[C@H](OC(=O)c1ccc(OC(F)F)cc1)C(=O)Nc1ccccc1Cl. The summed E-state index contributed by atoms with van der Waals surface area (Å²) in [6.07, 6.45) is -1.08. The van der Waals surface area contributed by atoms with E-state index in [1.54, 1.807) is 24.3 Å². The van der Waals surface area contributed by atoms with E-state index >= 15 is 0 Å². The van der Waals surface area contributed by atoms with Crippen LogP contribution >= 0.6 is 11.6 Å². The van der Waals surface area contributed by atoms with Crippen molar-refractivity contribution in [2.45, 2.75) is 19.6 Å². The van der Waals surface area contributed by atoms with Crippen LogP contribution in [0.25, 0.3) is 0 Å². The van der Waals surface area contributed by atoms with Crippen LogP contribution in [0.3, 0.4) is 0 Å². The number of nitrogens with one attached hydrogen (secondary N) is 1. The van der Waals surface area contributed by atoms with Gasteiger partial charge in [0.1, 0.15) is 5.75 Å². The smallest absolute Gasteiger partial charge is 0.387 e. The molecule has 0 aromatic heterocycles. The molecule has 2 rings (SSSR count). The highest BCUT2D eigenvalue weighted by Gasteiger charge is 2.20. The number of carbonyl (C=O) groups is 2. The van der Waals surface area contributed by atoms with Crippen LogP contribution in [-0.2, 0) is 9.53 Å². The molecule has 8 heteroatoms. The highest BCUT2D eigenvalue weighted by atomic mass is 35.5. The fraction of sp³-hybridized carbons (Fsp3) is 0.176. The number of alkyl halides is 2. The number of halogens is 3. The zero-order valence-corrected chi connectivity index (χ0v) is 13.8. The van der Waals surface area contributed by atoms with Crippen LogP contribution in [0.15, 0.2) is 48.5 Å². The molecule has 0 saturated heterocycles. The molecule has 0 radical (unpaired) electrons. The number of rotatable bonds is 6. The summed E-state index contributed by atoms with van der Waals surface area (Å²) >= 11 is 5.94. The quantitative estimate of drug-likeness (QED) is 0.778. The van der Waals surface area contributed by atoms with E-state index in [0.717, 1.165) is 0 Å². The van der Waals surface area contributed by atoms with E-state index in [9.17, 15) is 18.4 Å². The fourth-order valence-corrected chi connectivity index (χ4v) is 2.03. The Balaban J connectivity index is 1.95. The monoisotopic (exact) mass is 369 g/mol. The van der Waals surface area contributed by atoms with E-state index in [-0.39, 0.29) is 11.3 Å². The number of hydrogen-bond acceptors (Lipinski definition) is 4. The normalized spacial score (nSPS) is 11.7. The molecule has 0 heterocycles. The van der Waals surface area contributed by atoms with E-state index in [0.29, 0.717) is 10.7 Å². The lowest BCUT2D eigenvalue weighted by molar-refractivity contribution is -0.123. The second kappa shape index (κ2) is 8.43. The minimum Gasteiger partial charge on any atom is -0.449 e. The Morgan fingerprint density at radius 3 is 2.32 bits per heavy atom. The van der Waals surface area contributed by atoms with Crippen LogP contribution in [0, 0.1) is 0 Å². The standard InChI is InChI=1S/C17H14ClF2NO4/c1-10(15(22)21-14-5-3-2-4-13(14)18)24-16(23)11-6-8-12(9-7-11)25-17(19)20/h2-10,17H,1H3,(H,21,22)/t10-/m0/s1. The predicted octanol–water partition coefficient (Wildman–Crippen LogP) is 4.13. The number of benzene rings is 2. The van der Waals surface area contributed by atoms with Gasteiger partial charge >= 0.3 is 12.6 Å². The number of ether oxygens (including phenoxy) is 2. The minimum absolute atomic E-state index is 0.0870. The zero-order valence-electron chi connectivity index (χ0n) is 13.0. The van der Waals surface area contributed by atoms with Crippen molar-refractivity contribution in [3.63, 3.8) is 0 Å². The molecule has 0 unspecified atom stereocenters. The second-order valence-corrected chi connectivity index (χ2v) is 5.33. The summed E-state index contributed by atoms with van der Waals surface area (Å²) in [5.74, 6) is -1.42. The molecule has 132 valence electrons. The summed E-state index contributed by atoms with van der Waals surface area (Å²) in [5, 5.41) is 2.90. The summed E-state index contributed by atoms with van der Waals surface area (Å²) in [7, 11) is 0. The predicted molar refractivity (Wildman–Crippen MR) is 88.0 cm³/mol. The van der Waals surface area contributed by atoms with E-state index in [1.165, 1.54) is 31.2 Å². The molecule has 0 fully saturated rings. The maximum atomic E-state index is 12.1. The molecule has 1 atom stereocenters. The molecule has 0 aliphatic heterocycles. The van der Waals surface area contributed by atoms with Crippen molar-refractivity contribution in [3.05, 3.63) is 59.1 Å². The van der Waals surface area contributed by atoms with Crippen molar-refractivity contribution in [3.8, 4) is 5.75 Å². The van der Waals surface area contributed by atoms with Gasteiger partial charge in [0.05, 0.1) is 16.3 Å². The molecule has 1 N–H and O–H groups in total. The van der Waals surface area contributed by atoms with E-state index in [2.05, 4.69) is 10.1 Å². The summed E-state index contributed by atoms with van der Waals surface area (Å²) in [6.45, 7) is -1.55. The highest BCUT2D eigenvalue weighted by molar-refractivity contribution is 6.33. The number of para-hydroxylation sites is 1. The number of esters is 1. The van der Waals surface area contributed by atoms with Gasteiger partial charge in [-0.15, -0.1) is 0 Å². The summed E-state index contributed by atoms with van der Waals surface area (Å²) < 4.78 is 33.4. The van der Waals surface area contributed by atoms with Gasteiger partial charge < -0.3 is 14.8 Å². The van der Waals surface area contributed by atoms with Gasteiger partial charge in [-0.3, -0.25) is 4.79 Å². The first-order valence-electron chi connectivity index (χ1n) is 7.18.